The average Bonchev–Trinajstić information content (AvgIpc) is 3.27. The fourth-order valence-corrected chi connectivity index (χ4v) is 5.05. The third kappa shape index (κ3) is 2.53. The Morgan fingerprint density at radius 1 is 0.786 bits per heavy atom. The molecule has 0 radical (unpaired) electrons. The van der Waals surface area contributed by atoms with E-state index in [4.69, 9.17) is 0 Å². The van der Waals surface area contributed by atoms with Crippen molar-refractivity contribution < 1.29 is 13.1 Å². The molecular weight excluding hydrogens is 489 g/mol. The van der Waals surface area contributed by atoms with Crippen LogP contribution in [0.25, 0.3) is 16.7 Å². The Morgan fingerprint density at radius 3 is 2.29 bits per heavy atom. The molecule has 5 rings (SSSR count). The number of halogens is 4. The maximum absolute atomic E-state index is 15.3. The molecule has 2 aromatic carbocycles. The van der Waals surface area contributed by atoms with Gasteiger partial charge in [-0.2, -0.15) is 0 Å². The monoisotopic (exact) mass is 500 g/mol. The fourth-order valence-electron chi connectivity index (χ4n) is 3.91. The van der Waals surface area contributed by atoms with E-state index in [0.29, 0.717) is 20.6 Å². The standard InChI is InChI=1S/C21H13BBr2F2N2/c23-19-11-9-17-21(18-10-12-20(24)28(18)22(25,26)27(17)19)16-8-4-7-15(13-16)14-5-2-1-3-6-14/h1-13H. The van der Waals surface area contributed by atoms with Gasteiger partial charge in [0.05, 0.1) is 10.2 Å². The van der Waals surface area contributed by atoms with Gasteiger partial charge in [0.2, 0.25) is 4.62 Å². The molecule has 2 nitrogen and oxygen atoms in total. The SMILES string of the molecule is F[B-]1(F)n2c(Br)ccc2C(c2cccc(-c3ccccc3)c2)=C2C=CC(Br)=[N+]21. The van der Waals surface area contributed by atoms with Crippen LogP contribution in [0.3, 0.4) is 0 Å². The number of benzene rings is 2. The van der Waals surface area contributed by atoms with E-state index in [1.807, 2.05) is 48.5 Å². The molecule has 1 aromatic heterocycles. The van der Waals surface area contributed by atoms with Gasteiger partial charge in [0.25, 0.3) is 0 Å². The summed E-state index contributed by atoms with van der Waals surface area (Å²) in [7, 11) is 0. The molecule has 0 saturated carbocycles. The Hall–Kier alpha value is -2.25. The molecule has 0 saturated heterocycles. The van der Waals surface area contributed by atoms with Gasteiger partial charge in [-0.25, -0.2) is 0 Å². The molecular formula is C21H13BBr2F2N2. The third-order valence-corrected chi connectivity index (χ3v) is 6.42. The Bertz CT molecular complexity index is 1210. The Morgan fingerprint density at radius 2 is 1.50 bits per heavy atom. The lowest BCUT2D eigenvalue weighted by Gasteiger charge is -2.32. The predicted molar refractivity (Wildman–Crippen MR) is 117 cm³/mol. The molecule has 3 heterocycles. The molecule has 0 atom stereocenters. The molecule has 0 amide bonds. The van der Waals surface area contributed by atoms with Gasteiger partial charge >= 0.3 is 6.97 Å². The van der Waals surface area contributed by atoms with Crippen LogP contribution < -0.4 is 0 Å². The van der Waals surface area contributed by atoms with Crippen molar-refractivity contribution in [1.29, 1.82) is 0 Å². The molecule has 3 aromatic rings. The average molecular weight is 502 g/mol. The lowest BCUT2D eigenvalue weighted by Crippen LogP contribution is -2.50. The molecule has 2 aliphatic heterocycles. The summed E-state index contributed by atoms with van der Waals surface area (Å²) in [6.45, 7) is -4.00. The van der Waals surface area contributed by atoms with E-state index in [9.17, 15) is 0 Å². The summed E-state index contributed by atoms with van der Waals surface area (Å²) >= 11 is 6.60. The van der Waals surface area contributed by atoms with Crippen molar-refractivity contribution >= 4 is 49.0 Å². The zero-order chi connectivity index (χ0) is 19.5. The second-order valence-corrected chi connectivity index (χ2v) is 8.36. The van der Waals surface area contributed by atoms with Gasteiger partial charge in [0, 0.05) is 33.8 Å². The van der Waals surface area contributed by atoms with Gasteiger partial charge in [-0.05, 0) is 50.8 Å². The van der Waals surface area contributed by atoms with Gasteiger partial charge in [0.1, 0.15) is 0 Å². The normalized spacial score (nSPS) is 17.1. The van der Waals surface area contributed by atoms with Gasteiger partial charge in [-0.1, -0.05) is 48.5 Å². The predicted octanol–water partition coefficient (Wildman–Crippen LogP) is 6.29. The van der Waals surface area contributed by atoms with Crippen molar-refractivity contribution in [3.05, 3.63) is 100 Å². The van der Waals surface area contributed by atoms with Gasteiger partial charge in [-0.3, -0.25) is 0 Å². The Balaban J connectivity index is 1.79. The summed E-state index contributed by atoms with van der Waals surface area (Å²) in [5, 5.41) is 0. The van der Waals surface area contributed by atoms with Crippen LogP contribution in [0.15, 0.2) is 89.2 Å². The summed E-state index contributed by atoms with van der Waals surface area (Å²) in [5.74, 6) is 0. The van der Waals surface area contributed by atoms with Crippen LogP contribution in [0.5, 0.6) is 0 Å². The van der Waals surface area contributed by atoms with Crippen LogP contribution in [-0.4, -0.2) is 20.6 Å². The lowest BCUT2D eigenvalue weighted by atomic mass is 9.86. The highest BCUT2D eigenvalue weighted by Crippen LogP contribution is 2.42. The van der Waals surface area contributed by atoms with Crippen LogP contribution in [0.1, 0.15) is 11.3 Å². The maximum Gasteiger partial charge on any atom is 0.738 e. The smallest absolute Gasteiger partial charge is 0.389 e. The molecule has 0 bridgehead atoms. The van der Waals surface area contributed by atoms with Crippen molar-refractivity contribution in [2.24, 2.45) is 0 Å². The number of aromatic nitrogens is 1. The van der Waals surface area contributed by atoms with Crippen LogP contribution in [-0.2, 0) is 0 Å². The summed E-state index contributed by atoms with van der Waals surface area (Å²) in [5.41, 5.74) is 4.81. The van der Waals surface area contributed by atoms with Crippen LogP contribution in [0, 0.1) is 0 Å². The van der Waals surface area contributed by atoms with Crippen LogP contribution >= 0.6 is 31.9 Å². The zero-order valence-corrected chi connectivity index (χ0v) is 17.7. The van der Waals surface area contributed by atoms with Crippen molar-refractivity contribution in [1.82, 2.24) is 4.48 Å². The summed E-state index contributed by atoms with van der Waals surface area (Å²) in [4.78, 5) is 0. The summed E-state index contributed by atoms with van der Waals surface area (Å²) in [6, 6.07) is 21.5. The second-order valence-electron chi connectivity index (χ2n) is 6.73. The van der Waals surface area contributed by atoms with Crippen LogP contribution in [0.4, 0.5) is 8.63 Å². The Kier molecular flexibility index (Phi) is 4.07. The van der Waals surface area contributed by atoms with E-state index >= 15 is 8.63 Å². The van der Waals surface area contributed by atoms with E-state index < -0.39 is 6.97 Å². The van der Waals surface area contributed by atoms with Gasteiger partial charge in [-0.15, -0.1) is 0 Å². The molecule has 0 spiro atoms. The number of hydrogen-bond acceptors (Lipinski definition) is 0. The number of allylic oxidation sites excluding steroid dienone is 2. The van der Waals surface area contributed by atoms with E-state index in [0.717, 1.165) is 31.2 Å². The van der Waals surface area contributed by atoms with Gasteiger partial charge < -0.3 is 17.6 Å². The van der Waals surface area contributed by atoms with E-state index in [-0.39, 0.29) is 0 Å². The molecule has 138 valence electrons. The number of rotatable bonds is 2. The highest BCUT2D eigenvalue weighted by Gasteiger charge is 2.54. The topological polar surface area (TPSA) is 7.94 Å². The fraction of sp³-hybridized carbons (Fsp3) is 0. The van der Waals surface area contributed by atoms with Crippen molar-refractivity contribution in [3.63, 3.8) is 0 Å². The molecule has 0 aliphatic carbocycles. The number of fused-ring (bicyclic) bond motifs is 2. The molecule has 2 aliphatic rings. The molecule has 0 fully saturated rings. The quantitative estimate of drug-likeness (QED) is 0.365. The molecule has 0 unspecified atom stereocenters. The highest BCUT2D eigenvalue weighted by molar-refractivity contribution is 9.18. The first-order chi connectivity index (χ1) is 13.5. The minimum atomic E-state index is -4.00. The zero-order valence-electron chi connectivity index (χ0n) is 14.5. The first kappa shape index (κ1) is 17.8. The van der Waals surface area contributed by atoms with Gasteiger partial charge in [0.15, 0.2) is 5.70 Å². The van der Waals surface area contributed by atoms with E-state index in [2.05, 4.69) is 37.9 Å². The summed E-state index contributed by atoms with van der Waals surface area (Å²) in [6.07, 6.45) is 3.42. The van der Waals surface area contributed by atoms with Crippen LogP contribution in [0.2, 0.25) is 0 Å². The van der Waals surface area contributed by atoms with Crippen molar-refractivity contribution in [2.45, 2.75) is 0 Å². The van der Waals surface area contributed by atoms with E-state index in [1.54, 1.807) is 24.3 Å². The van der Waals surface area contributed by atoms with Crippen molar-refractivity contribution in [2.75, 3.05) is 0 Å². The van der Waals surface area contributed by atoms with E-state index in [1.165, 1.54) is 0 Å². The first-order valence-corrected chi connectivity index (χ1v) is 10.4. The number of nitrogens with zero attached hydrogens (tertiary/aromatic N) is 2. The highest BCUT2D eigenvalue weighted by atomic mass is 79.9. The maximum atomic E-state index is 15.3. The molecule has 28 heavy (non-hydrogen) atoms. The number of hydrogen-bond donors (Lipinski definition) is 0. The molecule has 7 heteroatoms. The minimum absolute atomic E-state index is 0.357. The summed E-state index contributed by atoms with van der Waals surface area (Å²) < 4.78 is 33.5. The Labute approximate surface area is 177 Å². The minimum Gasteiger partial charge on any atom is -0.389 e. The largest absolute Gasteiger partial charge is 0.738 e. The second kappa shape index (κ2) is 6.39. The lowest BCUT2D eigenvalue weighted by molar-refractivity contribution is -0.358. The third-order valence-electron chi connectivity index (χ3n) is 5.13. The van der Waals surface area contributed by atoms with Crippen molar-refractivity contribution in [3.8, 4) is 11.1 Å². The first-order valence-electron chi connectivity index (χ1n) is 8.78. The molecule has 0 N–H and O–H groups in total.